The number of fused-ring (bicyclic) bond motifs is 9. The van der Waals surface area contributed by atoms with Crippen molar-refractivity contribution in [2.45, 2.75) is 24.8 Å². The summed E-state index contributed by atoms with van der Waals surface area (Å²) in [6.45, 7) is 3.53. The van der Waals surface area contributed by atoms with Crippen LogP contribution in [0.5, 0.6) is 0 Å². The lowest BCUT2D eigenvalue weighted by molar-refractivity contribution is -0.0404. The first-order valence-electron chi connectivity index (χ1n) is 8.26. The molecule has 0 aromatic heterocycles. The molecule has 106 valence electrons. The molecule has 7 unspecified atom stereocenters. The SMILES string of the molecule is N#CC1(N2CCOCC2)CC2CC1C1C3C=CC(C3)C21. The van der Waals surface area contributed by atoms with Crippen LogP contribution in [0.4, 0.5) is 0 Å². The van der Waals surface area contributed by atoms with Gasteiger partial charge >= 0.3 is 0 Å². The zero-order valence-corrected chi connectivity index (χ0v) is 11.9. The van der Waals surface area contributed by atoms with Gasteiger partial charge in [-0.2, -0.15) is 5.26 Å². The maximum atomic E-state index is 10.0. The van der Waals surface area contributed by atoms with Crippen molar-refractivity contribution < 1.29 is 4.74 Å². The number of hydrogen-bond acceptors (Lipinski definition) is 3. The van der Waals surface area contributed by atoms with E-state index in [2.05, 4.69) is 23.1 Å². The third-order valence-corrected chi connectivity index (χ3v) is 7.10. The van der Waals surface area contributed by atoms with Gasteiger partial charge in [0.15, 0.2) is 0 Å². The number of morpholine rings is 1. The first-order valence-corrected chi connectivity index (χ1v) is 8.26. The molecule has 0 spiro atoms. The quantitative estimate of drug-likeness (QED) is 0.540. The van der Waals surface area contributed by atoms with E-state index in [1.54, 1.807) is 0 Å². The summed E-state index contributed by atoms with van der Waals surface area (Å²) in [4.78, 5) is 2.48. The average Bonchev–Trinajstić information content (AvgIpc) is 3.25. The summed E-state index contributed by atoms with van der Waals surface area (Å²) in [6.07, 6.45) is 8.78. The monoisotopic (exact) mass is 270 g/mol. The molecule has 20 heavy (non-hydrogen) atoms. The van der Waals surface area contributed by atoms with Gasteiger partial charge in [-0.1, -0.05) is 12.2 Å². The van der Waals surface area contributed by atoms with Gasteiger partial charge in [-0.3, -0.25) is 4.90 Å². The highest BCUT2D eigenvalue weighted by Crippen LogP contribution is 2.68. The van der Waals surface area contributed by atoms with Gasteiger partial charge in [-0.15, -0.1) is 0 Å². The highest BCUT2D eigenvalue weighted by Gasteiger charge is 2.67. The van der Waals surface area contributed by atoms with Crippen molar-refractivity contribution in [3.63, 3.8) is 0 Å². The normalized spacial score (nSPS) is 56.1. The maximum absolute atomic E-state index is 10.0. The fraction of sp³-hybridized carbons (Fsp3) is 0.824. The number of nitriles is 1. The third kappa shape index (κ3) is 1.24. The zero-order chi connectivity index (χ0) is 13.3. The van der Waals surface area contributed by atoms with Crippen molar-refractivity contribution in [1.82, 2.24) is 4.90 Å². The fourth-order valence-electron chi connectivity index (χ4n) is 6.58. The van der Waals surface area contributed by atoms with Gasteiger partial charge in [0, 0.05) is 13.1 Å². The van der Waals surface area contributed by atoms with Crippen LogP contribution in [0.2, 0.25) is 0 Å². The van der Waals surface area contributed by atoms with E-state index in [0.717, 1.165) is 62.3 Å². The van der Waals surface area contributed by atoms with E-state index in [1.807, 2.05) is 0 Å². The standard InChI is InChI=1S/C17H22N2O/c18-10-17(19-3-5-20-6-4-19)9-13-8-14(17)16-12-2-1-11(7-12)15(13)16/h1-2,11-16H,3-9H2. The molecule has 5 aliphatic rings. The lowest BCUT2D eigenvalue weighted by atomic mass is 9.65. The van der Waals surface area contributed by atoms with E-state index in [1.165, 1.54) is 12.8 Å². The van der Waals surface area contributed by atoms with E-state index in [0.29, 0.717) is 5.92 Å². The van der Waals surface area contributed by atoms with Crippen LogP contribution in [0.25, 0.3) is 0 Å². The summed E-state index contributed by atoms with van der Waals surface area (Å²) in [5.41, 5.74) is -0.159. The molecule has 4 aliphatic carbocycles. The Morgan fingerprint density at radius 3 is 2.60 bits per heavy atom. The van der Waals surface area contributed by atoms with E-state index in [-0.39, 0.29) is 5.54 Å². The van der Waals surface area contributed by atoms with Gasteiger partial charge in [0.05, 0.1) is 19.3 Å². The number of allylic oxidation sites excluding steroid dienone is 2. The van der Waals surface area contributed by atoms with Crippen LogP contribution >= 0.6 is 0 Å². The van der Waals surface area contributed by atoms with Crippen molar-refractivity contribution in [1.29, 1.82) is 5.26 Å². The summed E-state index contributed by atoms with van der Waals surface area (Å²) < 4.78 is 5.50. The Bertz CT molecular complexity index is 504. The van der Waals surface area contributed by atoms with Crippen molar-refractivity contribution in [3.05, 3.63) is 12.2 Å². The van der Waals surface area contributed by atoms with Crippen molar-refractivity contribution in [2.75, 3.05) is 26.3 Å². The van der Waals surface area contributed by atoms with E-state index < -0.39 is 0 Å². The van der Waals surface area contributed by atoms with Gasteiger partial charge in [-0.25, -0.2) is 0 Å². The fourth-order valence-corrected chi connectivity index (χ4v) is 6.58. The number of ether oxygens (including phenoxy) is 1. The predicted molar refractivity (Wildman–Crippen MR) is 74.7 cm³/mol. The average molecular weight is 270 g/mol. The van der Waals surface area contributed by atoms with Crippen LogP contribution in [-0.2, 0) is 4.74 Å². The first-order chi connectivity index (χ1) is 9.83. The van der Waals surface area contributed by atoms with Crippen LogP contribution in [0.3, 0.4) is 0 Å². The lowest BCUT2D eigenvalue weighted by Gasteiger charge is -2.48. The first kappa shape index (κ1) is 11.8. The molecule has 0 aromatic carbocycles. The molecule has 7 atom stereocenters. The Labute approximate surface area is 120 Å². The molecule has 0 N–H and O–H groups in total. The van der Waals surface area contributed by atoms with Gasteiger partial charge in [-0.05, 0) is 54.8 Å². The highest BCUT2D eigenvalue weighted by atomic mass is 16.5. The molecule has 3 heteroatoms. The highest BCUT2D eigenvalue weighted by molar-refractivity contribution is 5.29. The molecule has 4 fully saturated rings. The van der Waals surface area contributed by atoms with Gasteiger partial charge in [0.1, 0.15) is 5.54 Å². The van der Waals surface area contributed by atoms with Crippen LogP contribution in [0, 0.1) is 46.8 Å². The molecular weight excluding hydrogens is 248 g/mol. The molecule has 0 amide bonds. The third-order valence-electron chi connectivity index (χ3n) is 7.10. The van der Waals surface area contributed by atoms with Gasteiger partial charge in [0.25, 0.3) is 0 Å². The molecular formula is C17H22N2O. The van der Waals surface area contributed by atoms with E-state index in [4.69, 9.17) is 4.74 Å². The topological polar surface area (TPSA) is 36.3 Å². The van der Waals surface area contributed by atoms with E-state index in [9.17, 15) is 5.26 Å². The minimum Gasteiger partial charge on any atom is -0.379 e. The van der Waals surface area contributed by atoms with Gasteiger partial charge < -0.3 is 4.74 Å². The Hall–Kier alpha value is -0.850. The van der Waals surface area contributed by atoms with Crippen LogP contribution in [0.1, 0.15) is 19.3 Å². The smallest absolute Gasteiger partial charge is 0.112 e. The summed E-state index contributed by atoms with van der Waals surface area (Å²) in [5, 5.41) is 10.0. The van der Waals surface area contributed by atoms with Crippen LogP contribution < -0.4 is 0 Å². The van der Waals surface area contributed by atoms with Crippen LogP contribution in [-0.4, -0.2) is 36.7 Å². The molecule has 5 rings (SSSR count). The molecule has 3 saturated carbocycles. The molecule has 3 nitrogen and oxygen atoms in total. The van der Waals surface area contributed by atoms with E-state index >= 15 is 0 Å². The number of hydrogen-bond donors (Lipinski definition) is 0. The summed E-state index contributed by atoms with van der Waals surface area (Å²) in [7, 11) is 0. The molecule has 0 aromatic rings. The Morgan fingerprint density at radius 2 is 1.85 bits per heavy atom. The number of rotatable bonds is 1. The Kier molecular flexibility index (Phi) is 2.28. The predicted octanol–water partition coefficient (Wildman–Crippen LogP) is 2.06. The van der Waals surface area contributed by atoms with Crippen LogP contribution in [0.15, 0.2) is 12.2 Å². The summed E-state index contributed by atoms with van der Waals surface area (Å²) >= 11 is 0. The van der Waals surface area contributed by atoms with Crippen molar-refractivity contribution >= 4 is 0 Å². The number of nitrogens with zero attached hydrogens (tertiary/aromatic N) is 2. The molecule has 0 radical (unpaired) electrons. The summed E-state index contributed by atoms with van der Waals surface area (Å²) in [5.74, 6) is 4.80. The summed E-state index contributed by atoms with van der Waals surface area (Å²) in [6, 6.07) is 2.80. The largest absolute Gasteiger partial charge is 0.379 e. The Balaban J connectivity index is 1.51. The second-order valence-corrected chi connectivity index (χ2v) is 7.54. The minimum atomic E-state index is -0.159. The maximum Gasteiger partial charge on any atom is 0.112 e. The minimum absolute atomic E-state index is 0.159. The zero-order valence-electron chi connectivity index (χ0n) is 11.9. The van der Waals surface area contributed by atoms with Crippen molar-refractivity contribution in [2.24, 2.45) is 35.5 Å². The molecule has 1 saturated heterocycles. The second-order valence-electron chi connectivity index (χ2n) is 7.54. The molecule has 4 bridgehead atoms. The Morgan fingerprint density at radius 1 is 1.10 bits per heavy atom. The molecule has 1 heterocycles. The lowest BCUT2D eigenvalue weighted by Crippen LogP contribution is -2.58. The van der Waals surface area contributed by atoms with Gasteiger partial charge in [0.2, 0.25) is 0 Å². The second kappa shape index (κ2) is 3.87. The van der Waals surface area contributed by atoms with Crippen molar-refractivity contribution in [3.8, 4) is 6.07 Å². The molecule has 1 aliphatic heterocycles.